The van der Waals surface area contributed by atoms with Gasteiger partial charge in [-0.2, -0.15) is 0 Å². The van der Waals surface area contributed by atoms with Gasteiger partial charge in [-0.15, -0.1) is 0 Å². The maximum Gasteiger partial charge on any atom is 0.0951 e. The molecule has 0 spiro atoms. The van der Waals surface area contributed by atoms with Gasteiger partial charge in [0.25, 0.3) is 0 Å². The predicted molar refractivity (Wildman–Crippen MR) is 70.9 cm³/mol. The summed E-state index contributed by atoms with van der Waals surface area (Å²) in [6.45, 7) is 2.15. The van der Waals surface area contributed by atoms with E-state index in [9.17, 15) is 5.11 Å². The van der Waals surface area contributed by atoms with Crippen molar-refractivity contribution in [1.82, 2.24) is 4.98 Å². The molecule has 0 saturated carbocycles. The number of nitrogen functional groups attached to an aromatic ring is 1. The summed E-state index contributed by atoms with van der Waals surface area (Å²) in [7, 11) is 0. The molecule has 0 bridgehead atoms. The molecule has 0 aliphatic rings. The van der Waals surface area contributed by atoms with Crippen LogP contribution in [0.25, 0.3) is 10.9 Å². The largest absolute Gasteiger partial charge is 0.397 e. The van der Waals surface area contributed by atoms with Crippen LogP contribution in [0.15, 0.2) is 30.5 Å². The lowest BCUT2D eigenvalue weighted by Crippen LogP contribution is -2.22. The molecule has 0 aliphatic carbocycles. The Morgan fingerprint density at radius 2 is 2.24 bits per heavy atom. The first-order valence-electron chi connectivity index (χ1n) is 5.77. The van der Waals surface area contributed by atoms with Crippen LogP contribution in [-0.4, -0.2) is 22.7 Å². The van der Waals surface area contributed by atoms with Gasteiger partial charge in [0, 0.05) is 23.3 Å². The summed E-state index contributed by atoms with van der Waals surface area (Å²) < 4.78 is 0. The van der Waals surface area contributed by atoms with E-state index in [1.165, 1.54) is 0 Å². The molecule has 0 amide bonds. The number of aromatic nitrogens is 1. The standard InChI is InChI=1S/C13H17N3O/c1-2-9(8-17)16-12-6-7-15-13-10(12)4-3-5-11(13)14/h3-7,9,17H,2,8,14H2,1H3,(H,15,16). The molecule has 2 aromatic rings. The Hall–Kier alpha value is -1.81. The molecule has 17 heavy (non-hydrogen) atoms. The summed E-state index contributed by atoms with van der Waals surface area (Å²) >= 11 is 0. The zero-order chi connectivity index (χ0) is 12.3. The van der Waals surface area contributed by atoms with Crippen molar-refractivity contribution in [3.05, 3.63) is 30.5 Å². The van der Waals surface area contributed by atoms with E-state index in [0.29, 0.717) is 5.69 Å². The number of aliphatic hydroxyl groups excluding tert-OH is 1. The van der Waals surface area contributed by atoms with E-state index < -0.39 is 0 Å². The van der Waals surface area contributed by atoms with Crippen molar-refractivity contribution < 1.29 is 5.11 Å². The van der Waals surface area contributed by atoms with E-state index in [0.717, 1.165) is 23.0 Å². The van der Waals surface area contributed by atoms with Crippen molar-refractivity contribution in [1.29, 1.82) is 0 Å². The summed E-state index contributed by atoms with van der Waals surface area (Å²) in [5.74, 6) is 0. The minimum Gasteiger partial charge on any atom is -0.397 e. The number of nitrogens with two attached hydrogens (primary N) is 1. The van der Waals surface area contributed by atoms with Crippen LogP contribution >= 0.6 is 0 Å². The number of rotatable bonds is 4. The monoisotopic (exact) mass is 231 g/mol. The van der Waals surface area contributed by atoms with Crippen LogP contribution in [0.3, 0.4) is 0 Å². The number of pyridine rings is 1. The molecule has 1 unspecified atom stereocenters. The van der Waals surface area contributed by atoms with Gasteiger partial charge >= 0.3 is 0 Å². The molecular formula is C13H17N3O. The van der Waals surface area contributed by atoms with Crippen LogP contribution in [-0.2, 0) is 0 Å². The van der Waals surface area contributed by atoms with Gasteiger partial charge in [-0.05, 0) is 18.6 Å². The Kier molecular flexibility index (Phi) is 3.44. The molecule has 4 nitrogen and oxygen atoms in total. The SMILES string of the molecule is CCC(CO)Nc1ccnc2c(N)cccc12. The molecule has 4 heteroatoms. The summed E-state index contributed by atoms with van der Waals surface area (Å²) in [6, 6.07) is 7.68. The third-order valence-electron chi connectivity index (χ3n) is 2.88. The van der Waals surface area contributed by atoms with Crippen molar-refractivity contribution in [2.45, 2.75) is 19.4 Å². The summed E-state index contributed by atoms with van der Waals surface area (Å²) in [6.07, 6.45) is 2.59. The normalized spacial score (nSPS) is 12.6. The van der Waals surface area contributed by atoms with Crippen LogP contribution in [0, 0.1) is 0 Å². The minimum absolute atomic E-state index is 0.0574. The molecular weight excluding hydrogens is 214 g/mol. The Morgan fingerprint density at radius 3 is 2.94 bits per heavy atom. The fraction of sp³-hybridized carbons (Fsp3) is 0.308. The maximum atomic E-state index is 9.21. The predicted octanol–water partition coefficient (Wildman–Crippen LogP) is 2.00. The van der Waals surface area contributed by atoms with E-state index in [4.69, 9.17) is 5.73 Å². The third kappa shape index (κ3) is 2.31. The number of hydrogen-bond donors (Lipinski definition) is 3. The molecule has 0 saturated heterocycles. The molecule has 0 radical (unpaired) electrons. The highest BCUT2D eigenvalue weighted by Gasteiger charge is 2.08. The molecule has 0 fully saturated rings. The topological polar surface area (TPSA) is 71.2 Å². The molecule has 0 aliphatic heterocycles. The van der Waals surface area contributed by atoms with Crippen LogP contribution < -0.4 is 11.1 Å². The van der Waals surface area contributed by atoms with Gasteiger partial charge in [0.2, 0.25) is 0 Å². The molecule has 1 aromatic carbocycles. The summed E-state index contributed by atoms with van der Waals surface area (Å²) in [4.78, 5) is 4.27. The molecule has 1 aromatic heterocycles. The number of para-hydroxylation sites is 1. The fourth-order valence-corrected chi connectivity index (χ4v) is 1.82. The number of aliphatic hydroxyl groups is 1. The van der Waals surface area contributed by atoms with Gasteiger partial charge in [-0.3, -0.25) is 4.98 Å². The maximum absolute atomic E-state index is 9.21. The van der Waals surface area contributed by atoms with Gasteiger partial charge in [-0.25, -0.2) is 0 Å². The Labute approximate surface area is 100 Å². The Bertz CT molecular complexity index is 509. The molecule has 90 valence electrons. The first-order chi connectivity index (χ1) is 8.26. The van der Waals surface area contributed by atoms with Crippen molar-refractivity contribution in [2.75, 3.05) is 17.7 Å². The highest BCUT2D eigenvalue weighted by atomic mass is 16.3. The van der Waals surface area contributed by atoms with E-state index in [1.807, 2.05) is 31.2 Å². The zero-order valence-corrected chi connectivity index (χ0v) is 9.85. The van der Waals surface area contributed by atoms with E-state index >= 15 is 0 Å². The zero-order valence-electron chi connectivity index (χ0n) is 9.85. The van der Waals surface area contributed by atoms with Crippen molar-refractivity contribution in [2.24, 2.45) is 0 Å². The number of benzene rings is 1. The second kappa shape index (κ2) is 5.01. The second-order valence-electron chi connectivity index (χ2n) is 4.03. The van der Waals surface area contributed by atoms with Crippen LogP contribution in [0.5, 0.6) is 0 Å². The van der Waals surface area contributed by atoms with E-state index in [1.54, 1.807) is 6.20 Å². The summed E-state index contributed by atoms with van der Waals surface area (Å²) in [5, 5.41) is 13.5. The van der Waals surface area contributed by atoms with Gasteiger partial charge in [0.1, 0.15) is 0 Å². The second-order valence-corrected chi connectivity index (χ2v) is 4.03. The average Bonchev–Trinajstić information content (AvgIpc) is 2.37. The number of nitrogens with zero attached hydrogens (tertiary/aromatic N) is 1. The van der Waals surface area contributed by atoms with E-state index in [2.05, 4.69) is 10.3 Å². The van der Waals surface area contributed by atoms with Crippen LogP contribution in [0.2, 0.25) is 0 Å². The lowest BCUT2D eigenvalue weighted by atomic mass is 10.1. The lowest BCUT2D eigenvalue weighted by molar-refractivity contribution is 0.272. The van der Waals surface area contributed by atoms with Crippen LogP contribution in [0.1, 0.15) is 13.3 Å². The smallest absolute Gasteiger partial charge is 0.0951 e. The number of hydrogen-bond acceptors (Lipinski definition) is 4. The number of nitrogens with one attached hydrogen (secondary N) is 1. The Balaban J connectivity index is 2.44. The molecule has 2 rings (SSSR count). The highest BCUT2D eigenvalue weighted by molar-refractivity contribution is 5.97. The van der Waals surface area contributed by atoms with Crippen LogP contribution in [0.4, 0.5) is 11.4 Å². The lowest BCUT2D eigenvalue weighted by Gasteiger charge is -2.17. The Morgan fingerprint density at radius 1 is 1.41 bits per heavy atom. The quantitative estimate of drug-likeness (QED) is 0.704. The number of anilines is 2. The minimum atomic E-state index is 0.0574. The first-order valence-corrected chi connectivity index (χ1v) is 5.77. The van der Waals surface area contributed by atoms with Crippen molar-refractivity contribution in [3.8, 4) is 0 Å². The molecule has 1 heterocycles. The number of fused-ring (bicyclic) bond motifs is 1. The van der Waals surface area contributed by atoms with Gasteiger partial charge in [-0.1, -0.05) is 19.1 Å². The van der Waals surface area contributed by atoms with Gasteiger partial charge in [0.05, 0.1) is 17.8 Å². The molecule has 4 N–H and O–H groups in total. The third-order valence-corrected chi connectivity index (χ3v) is 2.88. The van der Waals surface area contributed by atoms with Crippen molar-refractivity contribution in [3.63, 3.8) is 0 Å². The summed E-state index contributed by atoms with van der Waals surface area (Å²) in [5.41, 5.74) is 8.31. The average molecular weight is 231 g/mol. The van der Waals surface area contributed by atoms with Gasteiger partial charge in [0.15, 0.2) is 0 Å². The van der Waals surface area contributed by atoms with E-state index in [-0.39, 0.29) is 12.6 Å². The molecule has 1 atom stereocenters. The van der Waals surface area contributed by atoms with Gasteiger partial charge < -0.3 is 16.2 Å². The fourth-order valence-electron chi connectivity index (χ4n) is 1.82. The van der Waals surface area contributed by atoms with Crippen molar-refractivity contribution >= 4 is 22.3 Å². The first kappa shape index (κ1) is 11.7. The highest BCUT2D eigenvalue weighted by Crippen LogP contribution is 2.26.